The largest absolute Gasteiger partial charge is 0.481 e. The highest BCUT2D eigenvalue weighted by molar-refractivity contribution is 6.08. The number of rotatable bonds is 6. The first-order valence-corrected chi connectivity index (χ1v) is 7.64. The molecule has 0 heterocycles. The summed E-state index contributed by atoms with van der Waals surface area (Å²) in [6.07, 6.45) is -0.590. The summed E-state index contributed by atoms with van der Waals surface area (Å²) in [5, 5.41) is 2.80. The van der Waals surface area contributed by atoms with Gasteiger partial charge in [-0.1, -0.05) is 30.3 Å². The number of carbonyl (C=O) groups excluding carboxylic acids is 2. The minimum atomic E-state index is -0.590. The van der Waals surface area contributed by atoms with Gasteiger partial charge in [-0.15, -0.1) is 0 Å². The summed E-state index contributed by atoms with van der Waals surface area (Å²) in [6.45, 7) is 5.49. The van der Waals surface area contributed by atoms with E-state index in [1.54, 1.807) is 43.3 Å². The number of hydrogen-bond acceptors (Lipinski definition) is 3. The van der Waals surface area contributed by atoms with Gasteiger partial charge in [0.25, 0.3) is 5.91 Å². The highest BCUT2D eigenvalue weighted by Crippen LogP contribution is 2.16. The van der Waals surface area contributed by atoms with Crippen LogP contribution in [0.1, 0.15) is 36.7 Å². The molecule has 0 aliphatic carbocycles. The monoisotopic (exact) mass is 311 g/mol. The molecule has 120 valence electrons. The van der Waals surface area contributed by atoms with E-state index in [4.69, 9.17) is 4.74 Å². The first-order valence-electron chi connectivity index (χ1n) is 7.64. The second-order valence-corrected chi connectivity index (χ2v) is 5.64. The molecule has 23 heavy (non-hydrogen) atoms. The van der Waals surface area contributed by atoms with E-state index in [0.29, 0.717) is 16.9 Å². The quantitative estimate of drug-likeness (QED) is 0.833. The Kier molecular flexibility index (Phi) is 5.52. The van der Waals surface area contributed by atoms with Crippen molar-refractivity contribution in [3.63, 3.8) is 0 Å². The fraction of sp³-hybridized carbons (Fsp3) is 0.263. The first kappa shape index (κ1) is 16.7. The molecule has 1 N–H and O–H groups in total. The molecule has 0 aromatic heterocycles. The van der Waals surface area contributed by atoms with Crippen LogP contribution >= 0.6 is 0 Å². The summed E-state index contributed by atoms with van der Waals surface area (Å²) in [6, 6.07) is 16.0. The Morgan fingerprint density at radius 3 is 2.00 bits per heavy atom. The highest BCUT2D eigenvalue weighted by Gasteiger charge is 2.15. The van der Waals surface area contributed by atoms with Crippen LogP contribution in [0.5, 0.6) is 5.75 Å². The van der Waals surface area contributed by atoms with E-state index >= 15 is 0 Å². The third-order valence-electron chi connectivity index (χ3n) is 3.27. The zero-order chi connectivity index (χ0) is 16.8. The fourth-order valence-corrected chi connectivity index (χ4v) is 2.10. The normalized spacial score (nSPS) is 11.8. The van der Waals surface area contributed by atoms with Crippen LogP contribution in [0, 0.1) is 0 Å². The number of nitrogens with one attached hydrogen (secondary N) is 1. The second-order valence-electron chi connectivity index (χ2n) is 5.64. The predicted octanol–water partition coefficient (Wildman–Crippen LogP) is 3.21. The molecule has 2 rings (SSSR count). The average molecular weight is 311 g/mol. The standard InChI is InChI=1S/C19H21NO3/c1-13(2)20-19(22)14(3)23-17-11-9-16(10-12-17)18(21)15-7-5-4-6-8-15/h4-14H,1-3H3,(H,20,22). The summed E-state index contributed by atoms with van der Waals surface area (Å²) < 4.78 is 5.59. The third kappa shape index (κ3) is 4.68. The zero-order valence-corrected chi connectivity index (χ0v) is 13.6. The number of ether oxygens (including phenoxy) is 1. The summed E-state index contributed by atoms with van der Waals surface area (Å²) in [5.41, 5.74) is 1.23. The highest BCUT2D eigenvalue weighted by atomic mass is 16.5. The van der Waals surface area contributed by atoms with Crippen molar-refractivity contribution in [3.8, 4) is 5.75 Å². The molecule has 1 amide bonds. The maximum atomic E-state index is 12.3. The van der Waals surface area contributed by atoms with Gasteiger partial charge in [-0.05, 0) is 45.0 Å². The summed E-state index contributed by atoms with van der Waals surface area (Å²) >= 11 is 0. The van der Waals surface area contributed by atoms with Gasteiger partial charge in [-0.3, -0.25) is 9.59 Å². The molecule has 2 aromatic rings. The van der Waals surface area contributed by atoms with E-state index < -0.39 is 6.10 Å². The number of ketones is 1. The lowest BCUT2D eigenvalue weighted by Crippen LogP contribution is -2.40. The molecule has 1 atom stereocenters. The smallest absolute Gasteiger partial charge is 0.260 e. The maximum Gasteiger partial charge on any atom is 0.260 e. The molecule has 0 bridgehead atoms. The van der Waals surface area contributed by atoms with Gasteiger partial charge in [0.1, 0.15) is 5.75 Å². The SMILES string of the molecule is CC(C)NC(=O)C(C)Oc1ccc(C(=O)c2ccccc2)cc1. The molecule has 0 aliphatic heterocycles. The zero-order valence-electron chi connectivity index (χ0n) is 13.6. The third-order valence-corrected chi connectivity index (χ3v) is 3.27. The van der Waals surface area contributed by atoms with Gasteiger partial charge in [0.05, 0.1) is 0 Å². The van der Waals surface area contributed by atoms with Crippen molar-refractivity contribution in [2.75, 3.05) is 0 Å². The molecule has 0 radical (unpaired) electrons. The molecule has 0 saturated carbocycles. The topological polar surface area (TPSA) is 55.4 Å². The van der Waals surface area contributed by atoms with E-state index in [-0.39, 0.29) is 17.7 Å². The van der Waals surface area contributed by atoms with Crippen LogP contribution in [0.15, 0.2) is 54.6 Å². The lowest BCUT2D eigenvalue weighted by Gasteiger charge is -2.16. The van der Waals surface area contributed by atoms with Gasteiger partial charge < -0.3 is 10.1 Å². The minimum absolute atomic E-state index is 0.0391. The molecule has 4 nitrogen and oxygen atoms in total. The van der Waals surface area contributed by atoms with Gasteiger partial charge in [0, 0.05) is 17.2 Å². The van der Waals surface area contributed by atoms with Crippen LogP contribution in [0.2, 0.25) is 0 Å². The molecule has 2 aromatic carbocycles. The van der Waals surface area contributed by atoms with E-state index in [2.05, 4.69) is 5.32 Å². The minimum Gasteiger partial charge on any atom is -0.481 e. The number of benzene rings is 2. The molecule has 4 heteroatoms. The van der Waals surface area contributed by atoms with Crippen LogP contribution in [0.3, 0.4) is 0 Å². The molecule has 1 unspecified atom stereocenters. The number of hydrogen-bond donors (Lipinski definition) is 1. The van der Waals surface area contributed by atoms with E-state index in [1.807, 2.05) is 32.0 Å². The van der Waals surface area contributed by atoms with Gasteiger partial charge in [0.15, 0.2) is 11.9 Å². The van der Waals surface area contributed by atoms with Crippen LogP contribution in [0.25, 0.3) is 0 Å². The Hall–Kier alpha value is -2.62. The van der Waals surface area contributed by atoms with Crippen LogP contribution in [0.4, 0.5) is 0 Å². The maximum absolute atomic E-state index is 12.3. The van der Waals surface area contributed by atoms with Crippen molar-refractivity contribution in [1.82, 2.24) is 5.32 Å². The number of amides is 1. The first-order chi connectivity index (χ1) is 11.0. The molecular formula is C19H21NO3. The Morgan fingerprint density at radius 1 is 0.870 bits per heavy atom. The van der Waals surface area contributed by atoms with Crippen molar-refractivity contribution in [3.05, 3.63) is 65.7 Å². The van der Waals surface area contributed by atoms with Crippen molar-refractivity contribution < 1.29 is 14.3 Å². The summed E-state index contributed by atoms with van der Waals surface area (Å²) in [4.78, 5) is 24.1. The van der Waals surface area contributed by atoms with E-state index in [0.717, 1.165) is 0 Å². The fourth-order valence-electron chi connectivity index (χ4n) is 2.10. The Balaban J connectivity index is 2.02. The van der Waals surface area contributed by atoms with Crippen molar-refractivity contribution >= 4 is 11.7 Å². The average Bonchev–Trinajstić information content (AvgIpc) is 2.55. The predicted molar refractivity (Wildman–Crippen MR) is 89.7 cm³/mol. The Labute approximate surface area is 136 Å². The summed E-state index contributed by atoms with van der Waals surface area (Å²) in [5.74, 6) is 0.355. The van der Waals surface area contributed by atoms with Crippen molar-refractivity contribution in [2.24, 2.45) is 0 Å². The van der Waals surface area contributed by atoms with Crippen molar-refractivity contribution in [2.45, 2.75) is 32.9 Å². The van der Waals surface area contributed by atoms with Crippen molar-refractivity contribution in [1.29, 1.82) is 0 Å². The van der Waals surface area contributed by atoms with Gasteiger partial charge in [0.2, 0.25) is 0 Å². The number of carbonyl (C=O) groups is 2. The Morgan fingerprint density at radius 2 is 1.43 bits per heavy atom. The van der Waals surface area contributed by atoms with Gasteiger partial charge in [-0.25, -0.2) is 0 Å². The van der Waals surface area contributed by atoms with Crippen LogP contribution in [-0.2, 0) is 4.79 Å². The van der Waals surface area contributed by atoms with Gasteiger partial charge in [-0.2, -0.15) is 0 Å². The lowest BCUT2D eigenvalue weighted by atomic mass is 10.0. The lowest BCUT2D eigenvalue weighted by molar-refractivity contribution is -0.127. The Bertz CT molecular complexity index is 663. The van der Waals surface area contributed by atoms with Crippen LogP contribution in [-0.4, -0.2) is 23.8 Å². The van der Waals surface area contributed by atoms with Crippen LogP contribution < -0.4 is 10.1 Å². The van der Waals surface area contributed by atoms with E-state index in [1.165, 1.54) is 0 Å². The molecule has 0 fully saturated rings. The molecular weight excluding hydrogens is 290 g/mol. The summed E-state index contributed by atoms with van der Waals surface area (Å²) in [7, 11) is 0. The molecule has 0 spiro atoms. The molecule has 0 saturated heterocycles. The second kappa shape index (κ2) is 7.58. The molecule has 0 aliphatic rings. The van der Waals surface area contributed by atoms with Gasteiger partial charge >= 0.3 is 0 Å². The van der Waals surface area contributed by atoms with E-state index in [9.17, 15) is 9.59 Å².